The summed E-state index contributed by atoms with van der Waals surface area (Å²) in [6.45, 7) is -0.145. The monoisotopic (exact) mass is 453 g/mol. The Morgan fingerprint density at radius 2 is 2.19 bits per heavy atom. The van der Waals surface area contributed by atoms with Gasteiger partial charge in [-0.15, -0.1) is 0 Å². The summed E-state index contributed by atoms with van der Waals surface area (Å²) in [7, 11) is 2.67. The zero-order valence-electron chi connectivity index (χ0n) is 16.8. The molecule has 0 aliphatic heterocycles. The van der Waals surface area contributed by atoms with Crippen LogP contribution in [0.25, 0.3) is 0 Å². The number of nitrogens with one attached hydrogen (secondary N) is 1. The molecular weight excluding hydrogens is 435 g/mol. The lowest BCUT2D eigenvalue weighted by molar-refractivity contribution is -0.142. The van der Waals surface area contributed by atoms with E-state index in [2.05, 4.69) is 32.4 Å². The van der Waals surface area contributed by atoms with Crippen molar-refractivity contribution in [2.45, 2.75) is 25.4 Å². The van der Waals surface area contributed by atoms with Crippen LogP contribution < -0.4 is 5.32 Å². The highest BCUT2D eigenvalue weighted by molar-refractivity contribution is 6.34. The lowest BCUT2D eigenvalue weighted by atomic mass is 10.1. The van der Waals surface area contributed by atoms with Gasteiger partial charge >= 0.3 is 6.18 Å². The third-order valence-corrected chi connectivity index (χ3v) is 4.58. The maximum absolute atomic E-state index is 13.1. The van der Waals surface area contributed by atoms with E-state index in [1.807, 2.05) is 0 Å². The van der Waals surface area contributed by atoms with E-state index in [4.69, 9.17) is 16.4 Å². The quantitative estimate of drug-likeness (QED) is 0.414. The summed E-state index contributed by atoms with van der Waals surface area (Å²) in [5.41, 5.74) is -0.184. The molecule has 1 amide bonds. The van der Waals surface area contributed by atoms with Crippen LogP contribution in [0.3, 0.4) is 0 Å². The highest BCUT2D eigenvalue weighted by atomic mass is 35.5. The number of aromatic nitrogens is 3. The average molecular weight is 454 g/mol. The van der Waals surface area contributed by atoms with Crippen molar-refractivity contribution in [3.63, 3.8) is 0 Å². The lowest BCUT2D eigenvalue weighted by Crippen LogP contribution is -2.32. The molecule has 1 fully saturated rings. The predicted octanol–water partition coefficient (Wildman–Crippen LogP) is 2.96. The second-order valence-electron chi connectivity index (χ2n) is 6.95. The normalized spacial score (nSPS) is 14.1. The highest BCUT2D eigenvalue weighted by Crippen LogP contribution is 2.30. The van der Waals surface area contributed by atoms with Crippen LogP contribution in [0.4, 0.5) is 13.2 Å². The van der Waals surface area contributed by atoms with Crippen molar-refractivity contribution in [2.24, 2.45) is 18.1 Å². The minimum Gasteiger partial charge on any atom is -0.399 e. The van der Waals surface area contributed by atoms with Crippen LogP contribution in [0.5, 0.6) is 0 Å². The first-order chi connectivity index (χ1) is 14.7. The Morgan fingerprint density at radius 1 is 1.45 bits per heavy atom. The number of nitrogens with zero attached hydrogens (tertiary/aromatic N) is 4. The van der Waals surface area contributed by atoms with Crippen molar-refractivity contribution >= 4 is 23.2 Å². The number of hydrogen-bond acceptors (Lipinski definition) is 5. The fourth-order valence-corrected chi connectivity index (χ4v) is 3.00. The third-order valence-electron chi connectivity index (χ3n) is 4.29. The Kier molecular flexibility index (Phi) is 6.85. The van der Waals surface area contributed by atoms with Gasteiger partial charge in [0, 0.05) is 36.5 Å². The fourth-order valence-electron chi connectivity index (χ4n) is 2.72. The van der Waals surface area contributed by atoms with Gasteiger partial charge in [0.25, 0.3) is 0 Å². The van der Waals surface area contributed by atoms with Gasteiger partial charge < -0.3 is 10.2 Å². The van der Waals surface area contributed by atoms with E-state index < -0.39 is 24.2 Å². The van der Waals surface area contributed by atoms with Gasteiger partial charge in [-0.3, -0.25) is 14.5 Å². The molecule has 0 aromatic carbocycles. The molecule has 0 radical (unpaired) electrons. The molecular formula is C20H19ClF3N5O2. The van der Waals surface area contributed by atoms with Crippen LogP contribution in [-0.2, 0) is 29.3 Å². The summed E-state index contributed by atoms with van der Waals surface area (Å²) in [4.78, 5) is 21.3. The van der Waals surface area contributed by atoms with Gasteiger partial charge in [-0.2, -0.15) is 18.3 Å². The molecule has 2 heterocycles. The molecule has 1 aliphatic carbocycles. The first-order valence-electron chi connectivity index (χ1n) is 9.31. The molecule has 1 N–H and O–H groups in total. The van der Waals surface area contributed by atoms with Crippen molar-refractivity contribution in [3.8, 4) is 11.8 Å². The molecule has 31 heavy (non-hydrogen) atoms. The van der Waals surface area contributed by atoms with Gasteiger partial charge in [-0.05, 0) is 18.9 Å². The van der Waals surface area contributed by atoms with Crippen molar-refractivity contribution in [3.05, 3.63) is 46.0 Å². The smallest absolute Gasteiger partial charge is 0.399 e. The van der Waals surface area contributed by atoms with Crippen LogP contribution in [0.15, 0.2) is 23.6 Å². The van der Waals surface area contributed by atoms with Crippen molar-refractivity contribution in [1.29, 1.82) is 0 Å². The molecule has 11 heteroatoms. The molecule has 164 valence electrons. The Balaban J connectivity index is 1.68. The Bertz CT molecular complexity index is 1060. The summed E-state index contributed by atoms with van der Waals surface area (Å²) >= 11 is 6.29. The molecule has 1 aliphatic rings. The second kappa shape index (κ2) is 9.39. The molecule has 7 nitrogen and oxygen atoms in total. The Hall–Kier alpha value is -3.06. The summed E-state index contributed by atoms with van der Waals surface area (Å²) in [6.07, 6.45) is -0.262. The van der Waals surface area contributed by atoms with Gasteiger partial charge in [-0.1, -0.05) is 28.6 Å². The number of hydrogen-bond donors (Lipinski definition) is 1. The van der Waals surface area contributed by atoms with E-state index in [0.717, 1.165) is 23.7 Å². The standard InChI is InChI=1S/C20H19ClF3N5O2/c1-29-11-14(19(27-29)20(22,23)24)8-17(30)25-10-16(28-31-2)18-15(21)7-13(9-26-18)6-5-12-3-4-12/h7,9,11-12H,3-4,8,10H2,1-2H3,(H,25,30)/b28-16+. The molecule has 0 bridgehead atoms. The number of pyridine rings is 1. The third kappa shape index (κ3) is 6.21. The topological polar surface area (TPSA) is 81.4 Å². The Labute approximate surface area is 181 Å². The van der Waals surface area contributed by atoms with E-state index in [9.17, 15) is 18.0 Å². The molecule has 2 aromatic heterocycles. The van der Waals surface area contributed by atoms with Crippen LogP contribution >= 0.6 is 11.6 Å². The first kappa shape index (κ1) is 22.6. The number of rotatable bonds is 6. The minimum absolute atomic E-state index is 0.145. The number of oxime groups is 1. The van der Waals surface area contributed by atoms with Gasteiger partial charge in [0.2, 0.25) is 5.91 Å². The van der Waals surface area contributed by atoms with Crippen LogP contribution in [0, 0.1) is 17.8 Å². The first-order valence-corrected chi connectivity index (χ1v) is 9.69. The molecule has 3 rings (SSSR count). The number of carbonyl (C=O) groups excluding carboxylic acids is 1. The largest absolute Gasteiger partial charge is 0.435 e. The van der Waals surface area contributed by atoms with Gasteiger partial charge in [0.15, 0.2) is 5.69 Å². The van der Waals surface area contributed by atoms with E-state index in [0.29, 0.717) is 11.5 Å². The maximum Gasteiger partial charge on any atom is 0.435 e. The molecule has 0 unspecified atom stereocenters. The summed E-state index contributed by atoms with van der Waals surface area (Å²) in [5, 5.41) is 9.99. The maximum atomic E-state index is 13.1. The molecule has 0 spiro atoms. The van der Waals surface area contributed by atoms with Crippen LogP contribution in [-0.4, -0.2) is 40.0 Å². The molecule has 1 saturated carbocycles. The molecule has 0 saturated heterocycles. The van der Waals surface area contributed by atoms with Crippen molar-refractivity contribution in [2.75, 3.05) is 13.7 Å². The highest BCUT2D eigenvalue weighted by Gasteiger charge is 2.37. The summed E-state index contributed by atoms with van der Waals surface area (Å²) in [5.74, 6) is 5.89. The van der Waals surface area contributed by atoms with Gasteiger partial charge in [0.05, 0.1) is 18.0 Å². The van der Waals surface area contributed by atoms with E-state index in [1.165, 1.54) is 20.4 Å². The zero-order valence-corrected chi connectivity index (χ0v) is 17.5. The molecule has 2 aromatic rings. The van der Waals surface area contributed by atoms with Gasteiger partial charge in [-0.25, -0.2) is 0 Å². The fraction of sp³-hybridized carbons (Fsp3) is 0.400. The molecule has 0 atom stereocenters. The SMILES string of the molecule is CO/N=C(\CNC(=O)Cc1cn(C)nc1C(F)(F)F)c1ncc(C#CC2CC2)cc1Cl. The summed E-state index contributed by atoms with van der Waals surface area (Å²) < 4.78 is 40.2. The number of amides is 1. The number of alkyl halides is 3. The Morgan fingerprint density at radius 3 is 2.81 bits per heavy atom. The minimum atomic E-state index is -4.65. The zero-order chi connectivity index (χ0) is 22.6. The van der Waals surface area contributed by atoms with Gasteiger partial charge in [0.1, 0.15) is 18.5 Å². The predicted molar refractivity (Wildman–Crippen MR) is 107 cm³/mol. The lowest BCUT2D eigenvalue weighted by Gasteiger charge is -2.10. The number of aryl methyl sites for hydroxylation is 1. The van der Waals surface area contributed by atoms with Crippen LogP contribution in [0.2, 0.25) is 5.02 Å². The average Bonchev–Trinajstić information content (AvgIpc) is 3.44. The van der Waals surface area contributed by atoms with Crippen molar-refractivity contribution < 1.29 is 22.8 Å². The second-order valence-corrected chi connectivity index (χ2v) is 7.35. The summed E-state index contributed by atoms with van der Waals surface area (Å²) in [6, 6.07) is 1.64. The van der Waals surface area contributed by atoms with E-state index in [-0.39, 0.29) is 28.5 Å². The van der Waals surface area contributed by atoms with Crippen LogP contribution in [0.1, 0.15) is 35.4 Å². The van der Waals surface area contributed by atoms with Crippen molar-refractivity contribution in [1.82, 2.24) is 20.1 Å². The number of carbonyl (C=O) groups is 1. The van der Waals surface area contributed by atoms with E-state index in [1.54, 1.807) is 6.07 Å². The number of halogens is 4. The van der Waals surface area contributed by atoms with E-state index >= 15 is 0 Å².